The number of aromatic nitrogens is 1. The first kappa shape index (κ1) is 13.0. The molecule has 0 aromatic carbocycles. The molecule has 0 aliphatic carbocycles. The van der Waals surface area contributed by atoms with Gasteiger partial charge in [-0.2, -0.15) is 0 Å². The van der Waals surface area contributed by atoms with Crippen molar-refractivity contribution in [1.82, 2.24) is 4.98 Å². The van der Waals surface area contributed by atoms with E-state index in [4.69, 9.17) is 0 Å². The molecule has 0 bridgehead atoms. The van der Waals surface area contributed by atoms with Crippen molar-refractivity contribution < 1.29 is 4.79 Å². The first-order valence-corrected chi connectivity index (χ1v) is 6.04. The van der Waals surface area contributed by atoms with Gasteiger partial charge in [0, 0.05) is 20.3 Å². The van der Waals surface area contributed by atoms with E-state index in [1.165, 1.54) is 0 Å². The molecule has 88 valence electrons. The summed E-state index contributed by atoms with van der Waals surface area (Å²) < 4.78 is 0. The van der Waals surface area contributed by atoms with Gasteiger partial charge in [0.25, 0.3) is 0 Å². The molecule has 0 aliphatic rings. The number of pyridine rings is 1. The topological polar surface area (TPSA) is 45.2 Å². The van der Waals surface area contributed by atoms with E-state index in [0.717, 1.165) is 17.8 Å². The molecule has 0 aliphatic heterocycles. The van der Waals surface area contributed by atoms with Gasteiger partial charge >= 0.3 is 0 Å². The number of amides is 1. The van der Waals surface area contributed by atoms with E-state index in [0.29, 0.717) is 0 Å². The number of carbonyl (C=O) groups is 1. The molecule has 5 heteroatoms. The van der Waals surface area contributed by atoms with Gasteiger partial charge in [-0.25, -0.2) is 0 Å². The molecule has 0 fully saturated rings. The zero-order chi connectivity index (χ0) is 12.1. The first-order chi connectivity index (χ1) is 7.56. The lowest BCUT2D eigenvalue weighted by Gasteiger charge is -2.18. The van der Waals surface area contributed by atoms with Crippen molar-refractivity contribution in [1.29, 1.82) is 0 Å². The second-order valence-electron chi connectivity index (χ2n) is 3.65. The Kier molecular flexibility index (Phi) is 4.73. The summed E-state index contributed by atoms with van der Waals surface area (Å²) in [6, 6.07) is 1.87. The average molecular weight is 286 g/mol. The Morgan fingerprint density at radius 3 is 2.88 bits per heavy atom. The van der Waals surface area contributed by atoms with Crippen LogP contribution in [0.1, 0.15) is 13.3 Å². The predicted molar refractivity (Wildman–Crippen MR) is 70.2 cm³/mol. The van der Waals surface area contributed by atoms with Gasteiger partial charge < -0.3 is 10.2 Å². The monoisotopic (exact) mass is 285 g/mol. The molecule has 1 amide bonds. The molecular weight excluding hydrogens is 270 g/mol. The highest BCUT2D eigenvalue weighted by molar-refractivity contribution is 9.10. The molecule has 1 rings (SSSR count). The molecule has 1 atom stereocenters. The van der Waals surface area contributed by atoms with Crippen LogP contribution in [0.5, 0.6) is 0 Å². The third-order valence-corrected chi connectivity index (χ3v) is 3.24. The van der Waals surface area contributed by atoms with Crippen LogP contribution in [-0.4, -0.2) is 29.8 Å². The Morgan fingerprint density at radius 1 is 1.62 bits per heavy atom. The quantitative estimate of drug-likeness (QED) is 0.864. The lowest BCUT2D eigenvalue weighted by Crippen LogP contribution is -2.23. The van der Waals surface area contributed by atoms with Crippen molar-refractivity contribution in [2.24, 2.45) is 0 Å². The zero-order valence-electron chi connectivity index (χ0n) is 9.70. The molecule has 1 aromatic rings. The van der Waals surface area contributed by atoms with Gasteiger partial charge in [-0.1, -0.05) is 22.9 Å². The summed E-state index contributed by atoms with van der Waals surface area (Å²) in [6.45, 7) is 1.95. The van der Waals surface area contributed by atoms with Crippen LogP contribution < -0.4 is 10.2 Å². The number of halogens is 1. The van der Waals surface area contributed by atoms with Crippen LogP contribution >= 0.6 is 15.9 Å². The van der Waals surface area contributed by atoms with Crippen LogP contribution in [0.25, 0.3) is 0 Å². The van der Waals surface area contributed by atoms with Crippen molar-refractivity contribution in [3.05, 3.63) is 18.5 Å². The zero-order valence-corrected chi connectivity index (χ0v) is 11.3. The maximum atomic E-state index is 11.7. The van der Waals surface area contributed by atoms with Gasteiger partial charge in [0.1, 0.15) is 0 Å². The number of carbonyl (C=O) groups excluding carboxylic acids is 1. The van der Waals surface area contributed by atoms with Crippen LogP contribution in [-0.2, 0) is 4.79 Å². The Balaban J connectivity index is 2.84. The fraction of sp³-hybridized carbons (Fsp3) is 0.455. The lowest BCUT2D eigenvalue weighted by molar-refractivity contribution is -0.115. The standard InChI is InChI=1S/C11H16BrN3O/c1-4-8(12)11(16)14-9-7-13-6-5-10(9)15(2)3/h5-8H,4H2,1-3H3,(H,14,16). The van der Waals surface area contributed by atoms with E-state index in [1.54, 1.807) is 12.4 Å². The Hall–Kier alpha value is -1.10. The summed E-state index contributed by atoms with van der Waals surface area (Å²) in [5, 5.41) is 2.85. The summed E-state index contributed by atoms with van der Waals surface area (Å²) in [5.41, 5.74) is 1.68. The maximum Gasteiger partial charge on any atom is 0.238 e. The molecule has 0 saturated heterocycles. The molecule has 16 heavy (non-hydrogen) atoms. The van der Waals surface area contributed by atoms with E-state index >= 15 is 0 Å². The van der Waals surface area contributed by atoms with Crippen LogP contribution in [0.2, 0.25) is 0 Å². The molecule has 0 spiro atoms. The molecule has 4 nitrogen and oxygen atoms in total. The van der Waals surface area contributed by atoms with Crippen LogP contribution in [0, 0.1) is 0 Å². The number of anilines is 2. The van der Waals surface area contributed by atoms with E-state index in [-0.39, 0.29) is 10.7 Å². The third-order valence-electron chi connectivity index (χ3n) is 2.18. The summed E-state index contributed by atoms with van der Waals surface area (Å²) in [6.07, 6.45) is 4.11. The van der Waals surface area contributed by atoms with Crippen molar-refractivity contribution in [3.8, 4) is 0 Å². The van der Waals surface area contributed by atoms with Crippen LogP contribution in [0.4, 0.5) is 11.4 Å². The number of hydrogen-bond donors (Lipinski definition) is 1. The Morgan fingerprint density at radius 2 is 2.31 bits per heavy atom. The Bertz CT molecular complexity index is 368. The molecule has 1 aromatic heterocycles. The summed E-state index contributed by atoms with van der Waals surface area (Å²) in [5.74, 6) is -0.0430. The van der Waals surface area contributed by atoms with Gasteiger partial charge in [-0.3, -0.25) is 9.78 Å². The van der Waals surface area contributed by atoms with Gasteiger partial charge in [-0.05, 0) is 12.5 Å². The van der Waals surface area contributed by atoms with Crippen molar-refractivity contribution in [3.63, 3.8) is 0 Å². The first-order valence-electron chi connectivity index (χ1n) is 5.12. The summed E-state index contributed by atoms with van der Waals surface area (Å²) in [7, 11) is 3.85. The van der Waals surface area contributed by atoms with Gasteiger partial charge in [0.15, 0.2) is 0 Å². The SMILES string of the molecule is CCC(Br)C(=O)Nc1cnccc1N(C)C. The smallest absolute Gasteiger partial charge is 0.238 e. The number of nitrogens with one attached hydrogen (secondary N) is 1. The van der Waals surface area contributed by atoms with Crippen LogP contribution in [0.15, 0.2) is 18.5 Å². The van der Waals surface area contributed by atoms with E-state index in [1.807, 2.05) is 32.0 Å². The molecular formula is C11H16BrN3O. The molecule has 1 N–H and O–H groups in total. The fourth-order valence-corrected chi connectivity index (χ4v) is 1.38. The molecule has 1 unspecified atom stereocenters. The summed E-state index contributed by atoms with van der Waals surface area (Å²) in [4.78, 5) is 17.5. The normalized spacial score (nSPS) is 12.0. The predicted octanol–water partition coefficient (Wildman–Crippen LogP) is 2.26. The van der Waals surface area contributed by atoms with Crippen molar-refractivity contribution in [2.45, 2.75) is 18.2 Å². The van der Waals surface area contributed by atoms with Gasteiger partial charge in [0.05, 0.1) is 22.4 Å². The fourth-order valence-electron chi connectivity index (χ4n) is 1.27. The second kappa shape index (κ2) is 5.84. The largest absolute Gasteiger partial charge is 0.376 e. The minimum atomic E-state index is -0.164. The van der Waals surface area contributed by atoms with Crippen molar-refractivity contribution >= 4 is 33.2 Å². The third kappa shape index (κ3) is 3.20. The summed E-state index contributed by atoms with van der Waals surface area (Å²) >= 11 is 3.32. The number of rotatable bonds is 4. The highest BCUT2D eigenvalue weighted by Gasteiger charge is 2.14. The molecule has 0 saturated carbocycles. The van der Waals surface area contributed by atoms with Gasteiger partial charge in [0.2, 0.25) is 5.91 Å². The second-order valence-corrected chi connectivity index (χ2v) is 4.76. The highest BCUT2D eigenvalue weighted by atomic mass is 79.9. The number of alkyl halides is 1. The van der Waals surface area contributed by atoms with E-state index in [2.05, 4.69) is 26.2 Å². The van der Waals surface area contributed by atoms with E-state index in [9.17, 15) is 4.79 Å². The lowest BCUT2D eigenvalue weighted by atomic mass is 10.3. The van der Waals surface area contributed by atoms with Crippen molar-refractivity contribution in [2.75, 3.05) is 24.3 Å². The van der Waals surface area contributed by atoms with Gasteiger partial charge in [-0.15, -0.1) is 0 Å². The number of hydrogen-bond acceptors (Lipinski definition) is 3. The maximum absolute atomic E-state index is 11.7. The highest BCUT2D eigenvalue weighted by Crippen LogP contribution is 2.23. The molecule has 0 radical (unpaired) electrons. The minimum absolute atomic E-state index is 0.0430. The van der Waals surface area contributed by atoms with Crippen LogP contribution in [0.3, 0.4) is 0 Å². The average Bonchev–Trinajstić information content (AvgIpc) is 2.28. The molecule has 1 heterocycles. The Labute approximate surface area is 104 Å². The van der Waals surface area contributed by atoms with E-state index < -0.39 is 0 Å². The number of nitrogens with zero attached hydrogens (tertiary/aromatic N) is 2. The minimum Gasteiger partial charge on any atom is -0.376 e.